The first-order valence-corrected chi connectivity index (χ1v) is 11.9. The van der Waals surface area contributed by atoms with Gasteiger partial charge in [0.2, 0.25) is 0 Å². The second kappa shape index (κ2) is 8.69. The molecule has 168 valence electrons. The standard InChI is InChI=1S/C23H28INO6/c1-22(2,24)21(28)30-18-13-16(15-12-17(18)29-19(15)26)20(27)31-23(8-10-25-11-9-23)14-6-4-3-5-7-14/h3-7,15-18,25H,8-13H2,1-2H3. The highest BCUT2D eigenvalue weighted by Gasteiger charge is 2.54. The van der Waals surface area contributed by atoms with E-state index in [1.165, 1.54) is 0 Å². The summed E-state index contributed by atoms with van der Waals surface area (Å²) in [5.41, 5.74) is 0.237. The van der Waals surface area contributed by atoms with Crippen LogP contribution >= 0.6 is 22.6 Å². The van der Waals surface area contributed by atoms with Crippen LogP contribution in [0.4, 0.5) is 0 Å². The SMILES string of the molecule is CC(C)(I)C(=O)OC1CC(C(=O)OC2(c3ccccc3)CCNCC2)C2CC1OC2=O. The number of piperidine rings is 1. The molecule has 31 heavy (non-hydrogen) atoms. The van der Waals surface area contributed by atoms with Crippen LogP contribution in [-0.2, 0) is 34.2 Å². The van der Waals surface area contributed by atoms with E-state index in [1.54, 1.807) is 13.8 Å². The Morgan fingerprint density at radius 3 is 2.48 bits per heavy atom. The van der Waals surface area contributed by atoms with E-state index in [1.807, 2.05) is 52.9 Å². The second-order valence-corrected chi connectivity index (χ2v) is 11.8. The van der Waals surface area contributed by atoms with Gasteiger partial charge in [-0.15, -0.1) is 0 Å². The third-order valence-electron chi connectivity index (χ3n) is 6.50. The fourth-order valence-corrected chi connectivity index (χ4v) is 4.83. The molecule has 1 aliphatic carbocycles. The number of halogens is 1. The number of carbonyl (C=O) groups is 3. The minimum Gasteiger partial charge on any atom is -0.458 e. The Labute approximate surface area is 195 Å². The number of carbonyl (C=O) groups excluding carboxylic acids is 3. The summed E-state index contributed by atoms with van der Waals surface area (Å²) in [6.07, 6.45) is 0.803. The minimum absolute atomic E-state index is 0.238. The Hall–Kier alpha value is -1.68. The lowest BCUT2D eigenvalue weighted by molar-refractivity contribution is -0.177. The van der Waals surface area contributed by atoms with Crippen molar-refractivity contribution in [2.45, 2.75) is 60.8 Å². The van der Waals surface area contributed by atoms with E-state index in [9.17, 15) is 14.4 Å². The maximum absolute atomic E-state index is 13.4. The summed E-state index contributed by atoms with van der Waals surface area (Å²) in [6.45, 7) is 5.00. The lowest BCUT2D eigenvalue weighted by Crippen LogP contribution is -2.47. The van der Waals surface area contributed by atoms with E-state index in [-0.39, 0.29) is 12.4 Å². The number of esters is 3. The smallest absolute Gasteiger partial charge is 0.321 e. The highest BCUT2D eigenvalue weighted by atomic mass is 127. The quantitative estimate of drug-likeness (QED) is 0.266. The molecule has 0 aromatic heterocycles. The third-order valence-corrected chi connectivity index (χ3v) is 6.94. The fourth-order valence-electron chi connectivity index (χ4n) is 4.71. The second-order valence-electron chi connectivity index (χ2n) is 9.11. The van der Waals surface area contributed by atoms with Crippen molar-refractivity contribution in [2.24, 2.45) is 11.8 Å². The monoisotopic (exact) mass is 541 g/mol. The van der Waals surface area contributed by atoms with Crippen molar-refractivity contribution >= 4 is 40.5 Å². The molecular formula is C23H28INO6. The number of benzene rings is 1. The Morgan fingerprint density at radius 2 is 1.84 bits per heavy atom. The van der Waals surface area contributed by atoms with E-state index in [0.717, 1.165) is 18.7 Å². The molecule has 3 fully saturated rings. The number of alkyl halides is 1. The maximum Gasteiger partial charge on any atom is 0.321 e. The molecule has 0 amide bonds. The van der Waals surface area contributed by atoms with Crippen LogP contribution in [0.2, 0.25) is 0 Å². The van der Waals surface area contributed by atoms with Crippen LogP contribution in [0.25, 0.3) is 0 Å². The summed E-state index contributed by atoms with van der Waals surface area (Å²) >= 11 is 2.02. The van der Waals surface area contributed by atoms with Gasteiger partial charge in [0, 0.05) is 25.7 Å². The van der Waals surface area contributed by atoms with Gasteiger partial charge in [-0.05, 0) is 32.5 Å². The lowest BCUT2D eigenvalue weighted by atomic mass is 9.78. The van der Waals surface area contributed by atoms with Crippen molar-refractivity contribution in [3.8, 4) is 0 Å². The Morgan fingerprint density at radius 1 is 1.16 bits per heavy atom. The van der Waals surface area contributed by atoms with Crippen molar-refractivity contribution in [3.63, 3.8) is 0 Å². The van der Waals surface area contributed by atoms with Crippen molar-refractivity contribution in [1.29, 1.82) is 0 Å². The van der Waals surface area contributed by atoms with Gasteiger partial charge < -0.3 is 19.5 Å². The molecular weight excluding hydrogens is 513 g/mol. The van der Waals surface area contributed by atoms with Gasteiger partial charge in [-0.2, -0.15) is 0 Å². The van der Waals surface area contributed by atoms with E-state index >= 15 is 0 Å². The van der Waals surface area contributed by atoms with Crippen LogP contribution in [0.5, 0.6) is 0 Å². The summed E-state index contributed by atoms with van der Waals surface area (Å²) in [4.78, 5) is 38.3. The predicted molar refractivity (Wildman–Crippen MR) is 120 cm³/mol. The van der Waals surface area contributed by atoms with Gasteiger partial charge in [-0.25, -0.2) is 0 Å². The van der Waals surface area contributed by atoms with Crippen LogP contribution in [-0.4, -0.2) is 46.6 Å². The highest BCUT2D eigenvalue weighted by Crippen LogP contribution is 2.43. The van der Waals surface area contributed by atoms with Gasteiger partial charge in [0.15, 0.2) is 0 Å². The average molecular weight is 541 g/mol. The molecule has 1 aromatic rings. The molecule has 4 rings (SSSR count). The molecule has 4 atom stereocenters. The molecule has 8 heteroatoms. The first-order valence-electron chi connectivity index (χ1n) is 10.8. The zero-order valence-corrected chi connectivity index (χ0v) is 19.9. The Balaban J connectivity index is 1.55. The molecule has 7 nitrogen and oxygen atoms in total. The van der Waals surface area contributed by atoms with Crippen LogP contribution in [0, 0.1) is 11.8 Å². The molecule has 0 spiro atoms. The number of ether oxygens (including phenoxy) is 3. The number of hydrogen-bond donors (Lipinski definition) is 1. The van der Waals surface area contributed by atoms with E-state index < -0.39 is 45.0 Å². The molecule has 2 saturated heterocycles. The Bertz CT molecular complexity index is 845. The maximum atomic E-state index is 13.4. The van der Waals surface area contributed by atoms with Crippen molar-refractivity contribution in [3.05, 3.63) is 35.9 Å². The van der Waals surface area contributed by atoms with Crippen LogP contribution < -0.4 is 5.32 Å². The Kier molecular flexibility index (Phi) is 6.31. The van der Waals surface area contributed by atoms with Gasteiger partial charge in [0.25, 0.3) is 0 Å². The van der Waals surface area contributed by atoms with E-state index in [2.05, 4.69) is 5.32 Å². The van der Waals surface area contributed by atoms with Crippen molar-refractivity contribution in [2.75, 3.05) is 13.1 Å². The van der Waals surface area contributed by atoms with Gasteiger partial charge in [0.1, 0.15) is 21.2 Å². The van der Waals surface area contributed by atoms with Gasteiger partial charge in [-0.3, -0.25) is 14.4 Å². The summed E-state index contributed by atoms with van der Waals surface area (Å²) in [6, 6.07) is 9.77. The molecule has 0 radical (unpaired) electrons. The first kappa shape index (κ1) is 22.5. The van der Waals surface area contributed by atoms with E-state index in [4.69, 9.17) is 14.2 Å². The van der Waals surface area contributed by atoms with Crippen LogP contribution in [0.15, 0.2) is 30.3 Å². The normalized spacial score (nSPS) is 29.7. The summed E-state index contributed by atoms with van der Waals surface area (Å²) in [7, 11) is 0. The zero-order valence-electron chi connectivity index (χ0n) is 17.8. The van der Waals surface area contributed by atoms with Crippen molar-refractivity contribution in [1.82, 2.24) is 5.32 Å². The highest BCUT2D eigenvalue weighted by molar-refractivity contribution is 14.1. The number of rotatable bonds is 5. The van der Waals surface area contributed by atoms with E-state index in [0.29, 0.717) is 19.3 Å². The molecule has 2 aliphatic heterocycles. The number of fused-ring (bicyclic) bond motifs is 2. The molecule has 1 aromatic carbocycles. The summed E-state index contributed by atoms with van der Waals surface area (Å²) in [5.74, 6) is -2.43. The van der Waals surface area contributed by atoms with Gasteiger partial charge in [0.05, 0.1) is 11.8 Å². The first-order chi connectivity index (χ1) is 14.7. The average Bonchev–Trinajstić information content (AvgIpc) is 3.07. The summed E-state index contributed by atoms with van der Waals surface area (Å²) in [5, 5.41) is 3.31. The van der Waals surface area contributed by atoms with Crippen LogP contribution in [0.1, 0.15) is 45.1 Å². The lowest BCUT2D eigenvalue weighted by Gasteiger charge is -2.39. The summed E-state index contributed by atoms with van der Waals surface area (Å²) < 4.78 is 16.6. The largest absolute Gasteiger partial charge is 0.458 e. The zero-order chi connectivity index (χ0) is 22.2. The minimum atomic E-state index is -0.723. The van der Waals surface area contributed by atoms with Gasteiger partial charge >= 0.3 is 17.9 Å². The third kappa shape index (κ3) is 4.60. The predicted octanol–water partition coefficient (Wildman–Crippen LogP) is 2.89. The molecule has 2 heterocycles. The van der Waals surface area contributed by atoms with Gasteiger partial charge in [-0.1, -0.05) is 52.9 Å². The fraction of sp³-hybridized carbons (Fsp3) is 0.609. The number of hydrogen-bond acceptors (Lipinski definition) is 7. The molecule has 3 aliphatic rings. The molecule has 2 bridgehead atoms. The number of nitrogens with one attached hydrogen (secondary N) is 1. The topological polar surface area (TPSA) is 90.9 Å². The van der Waals surface area contributed by atoms with Crippen LogP contribution in [0.3, 0.4) is 0 Å². The molecule has 4 unspecified atom stereocenters. The van der Waals surface area contributed by atoms with Crippen molar-refractivity contribution < 1.29 is 28.6 Å². The molecule has 1 N–H and O–H groups in total. The molecule has 1 saturated carbocycles.